The lowest BCUT2D eigenvalue weighted by Crippen LogP contribution is -2.31. The normalized spacial score (nSPS) is 11.1. The van der Waals surface area contributed by atoms with Gasteiger partial charge in [0, 0.05) is 13.1 Å². The number of hydrogen-bond acceptors (Lipinski definition) is 1. The van der Waals surface area contributed by atoms with E-state index in [1.165, 1.54) is 0 Å². The van der Waals surface area contributed by atoms with Crippen LogP contribution in [0.4, 0.5) is 4.79 Å². The van der Waals surface area contributed by atoms with E-state index in [0.29, 0.717) is 24.9 Å². The summed E-state index contributed by atoms with van der Waals surface area (Å²) in [5, 5.41) is 9.03. The van der Waals surface area contributed by atoms with Crippen molar-refractivity contribution in [2.45, 2.75) is 53.4 Å². The van der Waals surface area contributed by atoms with Gasteiger partial charge in [0.05, 0.1) is 0 Å². The van der Waals surface area contributed by atoms with E-state index >= 15 is 0 Å². The van der Waals surface area contributed by atoms with Crippen molar-refractivity contribution in [3.8, 4) is 0 Å². The topological polar surface area (TPSA) is 40.5 Å². The smallest absolute Gasteiger partial charge is 0.407 e. The van der Waals surface area contributed by atoms with Gasteiger partial charge >= 0.3 is 6.09 Å². The molecular weight excluding hydrogens is 202 g/mol. The molecule has 0 radical (unpaired) electrons. The largest absolute Gasteiger partial charge is 0.465 e. The van der Waals surface area contributed by atoms with E-state index < -0.39 is 6.09 Å². The van der Waals surface area contributed by atoms with Crippen LogP contribution in [0.5, 0.6) is 0 Å². The van der Waals surface area contributed by atoms with Crippen molar-refractivity contribution >= 4 is 6.09 Å². The van der Waals surface area contributed by atoms with Gasteiger partial charge < -0.3 is 10.0 Å². The van der Waals surface area contributed by atoms with Gasteiger partial charge in [-0.05, 0) is 37.5 Å². The second kappa shape index (κ2) is 8.43. The number of nitrogens with zero attached hydrogens (tertiary/aromatic N) is 1. The maximum atomic E-state index is 11.0. The molecule has 0 aromatic rings. The van der Waals surface area contributed by atoms with Crippen LogP contribution in [0.25, 0.3) is 0 Å². The fraction of sp³-hybridized carbons (Fsp3) is 0.923. The molecule has 0 aromatic heterocycles. The molecule has 0 aliphatic heterocycles. The second-order valence-corrected chi connectivity index (χ2v) is 5.34. The van der Waals surface area contributed by atoms with E-state index in [1.807, 2.05) is 0 Å². The lowest BCUT2D eigenvalue weighted by molar-refractivity contribution is 0.142. The minimum absolute atomic E-state index is 0.659. The molecule has 0 atom stereocenters. The predicted octanol–water partition coefficient (Wildman–Crippen LogP) is 3.84. The molecule has 96 valence electrons. The van der Waals surface area contributed by atoms with E-state index in [2.05, 4.69) is 27.7 Å². The first kappa shape index (κ1) is 15.3. The van der Waals surface area contributed by atoms with Crippen molar-refractivity contribution in [1.29, 1.82) is 0 Å². The molecule has 0 unspecified atom stereocenters. The van der Waals surface area contributed by atoms with E-state index in [1.54, 1.807) is 4.90 Å². The SMILES string of the molecule is CC(C)CCCN(CCCC(C)C)C(=O)O. The minimum atomic E-state index is -0.771. The molecule has 3 nitrogen and oxygen atoms in total. The van der Waals surface area contributed by atoms with Gasteiger partial charge in [-0.3, -0.25) is 0 Å². The lowest BCUT2D eigenvalue weighted by Gasteiger charge is -2.20. The Morgan fingerprint density at radius 2 is 1.38 bits per heavy atom. The quantitative estimate of drug-likeness (QED) is 0.687. The van der Waals surface area contributed by atoms with Crippen LogP contribution in [0.15, 0.2) is 0 Å². The molecule has 0 heterocycles. The van der Waals surface area contributed by atoms with Crippen LogP contribution in [0, 0.1) is 11.8 Å². The zero-order valence-corrected chi connectivity index (χ0v) is 11.2. The third kappa shape index (κ3) is 8.57. The minimum Gasteiger partial charge on any atom is -0.465 e. The van der Waals surface area contributed by atoms with Crippen molar-refractivity contribution in [3.63, 3.8) is 0 Å². The van der Waals surface area contributed by atoms with Crippen LogP contribution in [0.1, 0.15) is 53.4 Å². The van der Waals surface area contributed by atoms with Crippen LogP contribution in [0.3, 0.4) is 0 Å². The maximum Gasteiger partial charge on any atom is 0.407 e. The van der Waals surface area contributed by atoms with Gasteiger partial charge in [-0.25, -0.2) is 4.79 Å². The number of carbonyl (C=O) groups is 1. The Kier molecular flexibility index (Phi) is 8.04. The molecule has 0 fully saturated rings. The molecule has 3 heteroatoms. The Balaban J connectivity index is 3.76. The summed E-state index contributed by atoms with van der Waals surface area (Å²) in [6, 6.07) is 0. The Morgan fingerprint density at radius 3 is 1.62 bits per heavy atom. The molecule has 1 N–H and O–H groups in total. The van der Waals surface area contributed by atoms with Gasteiger partial charge in [0.2, 0.25) is 0 Å². The maximum absolute atomic E-state index is 11.0. The van der Waals surface area contributed by atoms with E-state index in [0.717, 1.165) is 25.7 Å². The van der Waals surface area contributed by atoms with E-state index in [-0.39, 0.29) is 0 Å². The van der Waals surface area contributed by atoms with E-state index in [4.69, 9.17) is 5.11 Å². The Hall–Kier alpha value is -0.730. The summed E-state index contributed by atoms with van der Waals surface area (Å²) in [6.07, 6.45) is 3.40. The van der Waals surface area contributed by atoms with Crippen LogP contribution < -0.4 is 0 Å². The number of hydrogen-bond donors (Lipinski definition) is 1. The molecular formula is C13H27NO2. The van der Waals surface area contributed by atoms with Crippen molar-refractivity contribution in [3.05, 3.63) is 0 Å². The Bertz CT molecular complexity index is 176. The predicted molar refractivity (Wildman–Crippen MR) is 67.7 cm³/mol. The third-order valence-electron chi connectivity index (χ3n) is 2.69. The first-order valence-electron chi connectivity index (χ1n) is 6.41. The molecule has 16 heavy (non-hydrogen) atoms. The molecule has 0 spiro atoms. The average molecular weight is 229 g/mol. The fourth-order valence-corrected chi connectivity index (χ4v) is 1.68. The molecule has 0 saturated heterocycles. The first-order valence-corrected chi connectivity index (χ1v) is 6.41. The molecule has 0 bridgehead atoms. The van der Waals surface area contributed by atoms with Gasteiger partial charge in [0.1, 0.15) is 0 Å². The highest BCUT2D eigenvalue weighted by molar-refractivity contribution is 5.64. The molecule has 0 aliphatic carbocycles. The van der Waals surface area contributed by atoms with Gasteiger partial charge in [0.15, 0.2) is 0 Å². The van der Waals surface area contributed by atoms with Crippen molar-refractivity contribution in [2.24, 2.45) is 11.8 Å². The van der Waals surface area contributed by atoms with Gasteiger partial charge in [-0.1, -0.05) is 27.7 Å². The van der Waals surface area contributed by atoms with Gasteiger partial charge in [-0.15, -0.1) is 0 Å². The highest BCUT2D eigenvalue weighted by Gasteiger charge is 2.11. The van der Waals surface area contributed by atoms with Crippen LogP contribution in [-0.4, -0.2) is 29.2 Å². The monoisotopic (exact) mass is 229 g/mol. The fourth-order valence-electron chi connectivity index (χ4n) is 1.68. The van der Waals surface area contributed by atoms with E-state index in [9.17, 15) is 4.79 Å². The van der Waals surface area contributed by atoms with Crippen molar-refractivity contribution < 1.29 is 9.90 Å². The molecule has 0 aliphatic rings. The summed E-state index contributed by atoms with van der Waals surface area (Å²) in [7, 11) is 0. The number of amides is 1. The summed E-state index contributed by atoms with van der Waals surface area (Å²) < 4.78 is 0. The van der Waals surface area contributed by atoms with Crippen LogP contribution in [-0.2, 0) is 0 Å². The number of carboxylic acid groups (broad SMARTS) is 1. The molecule has 0 rings (SSSR count). The highest BCUT2D eigenvalue weighted by Crippen LogP contribution is 2.08. The standard InChI is InChI=1S/C13H27NO2/c1-11(2)7-5-9-14(13(15)16)10-6-8-12(3)4/h11-12H,5-10H2,1-4H3,(H,15,16). The Labute approximate surface area is 99.8 Å². The second-order valence-electron chi connectivity index (χ2n) is 5.34. The zero-order valence-electron chi connectivity index (χ0n) is 11.2. The van der Waals surface area contributed by atoms with Crippen molar-refractivity contribution in [1.82, 2.24) is 4.90 Å². The first-order chi connectivity index (χ1) is 7.43. The summed E-state index contributed by atoms with van der Waals surface area (Å²) in [5.74, 6) is 1.32. The average Bonchev–Trinajstić information content (AvgIpc) is 2.14. The van der Waals surface area contributed by atoms with Crippen LogP contribution in [0.2, 0.25) is 0 Å². The van der Waals surface area contributed by atoms with Gasteiger partial charge in [-0.2, -0.15) is 0 Å². The summed E-state index contributed by atoms with van der Waals surface area (Å²) >= 11 is 0. The highest BCUT2D eigenvalue weighted by atomic mass is 16.4. The lowest BCUT2D eigenvalue weighted by atomic mass is 10.1. The van der Waals surface area contributed by atoms with Gasteiger partial charge in [0.25, 0.3) is 0 Å². The zero-order chi connectivity index (χ0) is 12.6. The third-order valence-corrected chi connectivity index (χ3v) is 2.69. The number of rotatable bonds is 8. The summed E-state index contributed by atoms with van der Waals surface area (Å²) in [4.78, 5) is 12.5. The van der Waals surface area contributed by atoms with Crippen LogP contribution >= 0.6 is 0 Å². The summed E-state index contributed by atoms with van der Waals surface area (Å²) in [5.41, 5.74) is 0. The summed E-state index contributed by atoms with van der Waals surface area (Å²) in [6.45, 7) is 10.1. The van der Waals surface area contributed by atoms with Crippen molar-refractivity contribution in [2.75, 3.05) is 13.1 Å². The molecule has 1 amide bonds. The molecule has 0 saturated carbocycles. The Morgan fingerprint density at radius 1 is 1.00 bits per heavy atom. The molecule has 0 aromatic carbocycles.